The Bertz CT molecular complexity index is 373. The van der Waals surface area contributed by atoms with Gasteiger partial charge in [-0.05, 0) is 42.5 Å². The Hall–Kier alpha value is -0.370. The van der Waals surface area contributed by atoms with Crippen LogP contribution in [0.2, 0.25) is 0 Å². The van der Waals surface area contributed by atoms with Crippen LogP contribution in [0.4, 0.5) is 4.39 Å². The monoisotopic (exact) mass is 217 g/mol. The van der Waals surface area contributed by atoms with E-state index in [0.29, 0.717) is 10.0 Å². The Kier molecular flexibility index (Phi) is 1.09. The van der Waals surface area contributed by atoms with Crippen LogP contribution in [0.5, 0.6) is 0 Å². The average Bonchev–Trinajstić information content (AvgIpc) is 2.96. The van der Waals surface area contributed by atoms with E-state index in [1.165, 1.54) is 0 Å². The minimum Gasteiger partial charge on any atom is -0.207 e. The Morgan fingerprint density at radius 1 is 1.55 bits per heavy atom. The van der Waals surface area contributed by atoms with Crippen LogP contribution < -0.4 is 0 Å². The summed E-state index contributed by atoms with van der Waals surface area (Å²) in [5.41, 5.74) is 0.559. The lowest BCUT2D eigenvalue weighted by molar-refractivity contribution is 0.625. The van der Waals surface area contributed by atoms with Crippen molar-refractivity contribution in [3.05, 3.63) is 34.0 Å². The molecule has 1 aliphatic carbocycles. The summed E-state index contributed by atoms with van der Waals surface area (Å²) >= 11 is 3.16. The molecule has 0 aromatic heterocycles. The Morgan fingerprint density at radius 3 is 2.91 bits per heavy atom. The van der Waals surface area contributed by atoms with E-state index in [1.807, 2.05) is 0 Å². The first-order valence-electron chi connectivity index (χ1n) is 4.98. The van der Waals surface area contributed by atoms with Gasteiger partial charge in [-0.25, -0.2) is 4.39 Å². The second-order valence-corrected chi connectivity index (χ2v) is 3.48. The zero-order valence-corrected chi connectivity index (χ0v) is 7.33. The molecule has 0 bridgehead atoms. The largest absolute Gasteiger partial charge is 0.207 e. The van der Waals surface area contributed by atoms with Crippen LogP contribution >= 0.6 is 15.9 Å². The molecule has 0 saturated heterocycles. The van der Waals surface area contributed by atoms with E-state index in [9.17, 15) is 4.39 Å². The highest BCUT2D eigenvalue weighted by Crippen LogP contribution is 2.43. The zero-order valence-electron chi connectivity index (χ0n) is 8.75. The third kappa shape index (κ3) is 1.45. The van der Waals surface area contributed by atoms with Crippen LogP contribution in [-0.4, -0.2) is 0 Å². The fourth-order valence-corrected chi connectivity index (χ4v) is 1.56. The highest BCUT2D eigenvalue weighted by atomic mass is 79.9. The quantitative estimate of drug-likeness (QED) is 0.677. The van der Waals surface area contributed by atoms with Crippen molar-refractivity contribution in [2.75, 3.05) is 0 Å². The fourth-order valence-electron chi connectivity index (χ4n) is 1.03. The number of benzene rings is 1. The molecule has 0 aliphatic heterocycles. The Morgan fingerprint density at radius 2 is 2.27 bits per heavy atom. The molecule has 0 unspecified atom stereocenters. The van der Waals surface area contributed by atoms with Gasteiger partial charge in [0.15, 0.2) is 0 Å². The molecule has 11 heavy (non-hydrogen) atoms. The summed E-state index contributed by atoms with van der Waals surface area (Å²) in [6, 6.07) is -0.868. The maximum Gasteiger partial charge on any atom is 0.123 e. The van der Waals surface area contributed by atoms with E-state index in [4.69, 9.17) is 4.11 Å². The molecule has 0 nitrogen and oxygen atoms in total. The minimum absolute atomic E-state index is 0.152. The molecular weight excluding hydrogens is 207 g/mol. The third-order valence-corrected chi connectivity index (χ3v) is 2.37. The first-order chi connectivity index (χ1) is 6.54. The van der Waals surface area contributed by atoms with Gasteiger partial charge in [0.1, 0.15) is 5.82 Å². The van der Waals surface area contributed by atoms with Crippen LogP contribution in [0.3, 0.4) is 0 Å². The molecule has 1 fully saturated rings. The molecule has 0 N–H and O–H groups in total. The second kappa shape index (κ2) is 2.59. The highest BCUT2D eigenvalue weighted by molar-refractivity contribution is 9.10. The number of rotatable bonds is 1. The SMILES string of the molecule is [2H]c1c([2H])c(Br)c(C2CC2)c([2H])c1F. The van der Waals surface area contributed by atoms with Gasteiger partial charge in [-0.1, -0.05) is 15.9 Å². The van der Waals surface area contributed by atoms with Crippen molar-refractivity contribution >= 4 is 15.9 Å². The van der Waals surface area contributed by atoms with Crippen LogP contribution in [0, 0.1) is 5.82 Å². The summed E-state index contributed by atoms with van der Waals surface area (Å²) in [6.07, 6.45) is 1.89. The van der Waals surface area contributed by atoms with Gasteiger partial charge >= 0.3 is 0 Å². The lowest BCUT2D eigenvalue weighted by atomic mass is 10.1. The van der Waals surface area contributed by atoms with Crippen molar-refractivity contribution in [3.8, 4) is 0 Å². The molecule has 0 spiro atoms. The van der Waals surface area contributed by atoms with Crippen LogP contribution in [0.15, 0.2) is 22.6 Å². The summed E-state index contributed by atoms with van der Waals surface area (Å²) in [7, 11) is 0. The van der Waals surface area contributed by atoms with E-state index in [0.717, 1.165) is 12.8 Å². The first-order valence-corrected chi connectivity index (χ1v) is 4.28. The predicted molar refractivity (Wildman–Crippen MR) is 46.1 cm³/mol. The van der Waals surface area contributed by atoms with E-state index in [-0.39, 0.29) is 18.0 Å². The lowest BCUT2D eigenvalue weighted by Crippen LogP contribution is -1.83. The average molecular weight is 218 g/mol. The molecule has 58 valence electrons. The molecule has 2 rings (SSSR count). The number of halogens is 2. The van der Waals surface area contributed by atoms with Crippen molar-refractivity contribution < 1.29 is 8.50 Å². The van der Waals surface area contributed by atoms with E-state index in [1.54, 1.807) is 0 Å². The fraction of sp³-hybridized carbons (Fsp3) is 0.333. The molecule has 0 radical (unpaired) electrons. The predicted octanol–water partition coefficient (Wildman–Crippen LogP) is 3.47. The summed E-state index contributed by atoms with van der Waals surface area (Å²) < 4.78 is 36.0. The van der Waals surface area contributed by atoms with Gasteiger partial charge < -0.3 is 0 Å². The summed E-state index contributed by atoms with van der Waals surface area (Å²) in [4.78, 5) is 0. The van der Waals surface area contributed by atoms with Crippen molar-refractivity contribution in [3.63, 3.8) is 0 Å². The minimum atomic E-state index is -0.875. The van der Waals surface area contributed by atoms with Crippen LogP contribution in [0.1, 0.15) is 28.4 Å². The normalized spacial score (nSPS) is 20.7. The van der Waals surface area contributed by atoms with Crippen molar-refractivity contribution in [2.45, 2.75) is 18.8 Å². The molecule has 0 atom stereocenters. The Balaban J connectivity index is 2.69. The first kappa shape index (κ1) is 4.61. The molecule has 2 heteroatoms. The topological polar surface area (TPSA) is 0 Å². The molecule has 1 aromatic rings. The maximum atomic E-state index is 13.3. The van der Waals surface area contributed by atoms with E-state index < -0.39 is 11.9 Å². The van der Waals surface area contributed by atoms with Crippen molar-refractivity contribution in [1.29, 1.82) is 0 Å². The zero-order chi connectivity index (χ0) is 10.5. The molecule has 1 saturated carbocycles. The van der Waals surface area contributed by atoms with Crippen LogP contribution in [-0.2, 0) is 0 Å². The molecular formula is C9H8BrF. The second-order valence-electron chi connectivity index (χ2n) is 2.69. The molecule has 1 aliphatic rings. The summed E-state index contributed by atoms with van der Waals surface area (Å²) in [5, 5.41) is 0. The standard InChI is InChI=1S/C9H8BrF/c10-9-4-3-7(11)5-8(9)6-1-2-6/h3-6H,1-2H2/i3D,4D,5D. The van der Waals surface area contributed by atoms with Gasteiger partial charge in [0.2, 0.25) is 0 Å². The highest BCUT2D eigenvalue weighted by Gasteiger charge is 2.25. The van der Waals surface area contributed by atoms with Gasteiger partial charge in [-0.15, -0.1) is 0 Å². The molecule has 0 heterocycles. The van der Waals surface area contributed by atoms with E-state index in [2.05, 4.69) is 15.9 Å². The lowest BCUT2D eigenvalue weighted by Gasteiger charge is -2.00. The van der Waals surface area contributed by atoms with Gasteiger partial charge in [0.05, 0.1) is 4.11 Å². The summed E-state index contributed by atoms with van der Waals surface area (Å²) in [5.74, 6) is -0.670. The van der Waals surface area contributed by atoms with E-state index >= 15 is 0 Å². The van der Waals surface area contributed by atoms with Crippen LogP contribution in [0.25, 0.3) is 0 Å². The molecule has 1 aromatic carbocycles. The molecule has 0 amide bonds. The van der Waals surface area contributed by atoms with Gasteiger partial charge in [0.25, 0.3) is 0 Å². The summed E-state index contributed by atoms with van der Waals surface area (Å²) in [6.45, 7) is 0. The van der Waals surface area contributed by atoms with Crippen molar-refractivity contribution in [2.24, 2.45) is 0 Å². The third-order valence-electron chi connectivity index (χ3n) is 1.75. The van der Waals surface area contributed by atoms with Crippen molar-refractivity contribution in [1.82, 2.24) is 0 Å². The Labute approximate surface area is 77.8 Å². The number of hydrogen-bond acceptors (Lipinski definition) is 0. The van der Waals surface area contributed by atoms with Gasteiger partial charge in [-0.3, -0.25) is 0 Å². The maximum absolute atomic E-state index is 13.3. The number of hydrogen-bond donors (Lipinski definition) is 0. The smallest absolute Gasteiger partial charge is 0.123 e. The van der Waals surface area contributed by atoms with Gasteiger partial charge in [0, 0.05) is 4.47 Å². The van der Waals surface area contributed by atoms with Gasteiger partial charge in [-0.2, -0.15) is 0 Å².